The summed E-state index contributed by atoms with van der Waals surface area (Å²) < 4.78 is 17.8. The average Bonchev–Trinajstić information content (AvgIpc) is 2.42. The number of methoxy groups -OCH3 is 1. The molecule has 108 valence electrons. The minimum Gasteiger partial charge on any atom is -0.480 e. The molecule has 0 spiro atoms. The molecule has 1 rings (SSSR count). The summed E-state index contributed by atoms with van der Waals surface area (Å²) in [4.78, 5) is 33.7. The molecule has 20 heavy (non-hydrogen) atoms. The lowest BCUT2D eigenvalue weighted by Crippen LogP contribution is -2.41. The summed E-state index contributed by atoms with van der Waals surface area (Å²) in [5, 5.41) is 11.1. The fraction of sp³-hybridized carbons (Fsp3) is 0.308. The van der Waals surface area contributed by atoms with Gasteiger partial charge in [0.2, 0.25) is 0 Å². The monoisotopic (exact) mass is 283 g/mol. The molecule has 0 unspecified atom stereocenters. The highest BCUT2D eigenvalue weighted by Crippen LogP contribution is 2.08. The molecule has 0 aliphatic rings. The smallest absolute Gasteiger partial charge is 0.326 e. The van der Waals surface area contributed by atoms with Crippen molar-refractivity contribution in [3.8, 4) is 0 Å². The first-order chi connectivity index (χ1) is 9.45. The van der Waals surface area contributed by atoms with E-state index in [4.69, 9.17) is 5.11 Å². The summed E-state index contributed by atoms with van der Waals surface area (Å²) in [7, 11) is 1.18. The molecule has 6 nitrogen and oxygen atoms in total. The maximum Gasteiger partial charge on any atom is 0.326 e. The average molecular weight is 283 g/mol. The molecule has 0 radical (unpaired) electrons. The van der Waals surface area contributed by atoms with Crippen LogP contribution in [0.4, 0.5) is 4.39 Å². The Morgan fingerprint density at radius 3 is 2.55 bits per heavy atom. The molecule has 1 atom stereocenters. The topological polar surface area (TPSA) is 92.7 Å². The van der Waals surface area contributed by atoms with Gasteiger partial charge in [-0.2, -0.15) is 0 Å². The van der Waals surface area contributed by atoms with E-state index < -0.39 is 29.7 Å². The molecule has 0 fully saturated rings. The molecule has 0 aliphatic heterocycles. The standard InChI is InChI=1S/C13H14FNO5/c1-20-11(16)7-6-10(13(18)19)15-12(17)8-4-2-3-5-9(8)14/h2-5,10H,6-7H2,1H3,(H,15,17)(H,18,19)/t10-/m0/s1. The number of hydrogen-bond donors (Lipinski definition) is 2. The number of esters is 1. The summed E-state index contributed by atoms with van der Waals surface area (Å²) in [5.74, 6) is -3.49. The van der Waals surface area contributed by atoms with Crippen LogP contribution in [0, 0.1) is 5.82 Å². The van der Waals surface area contributed by atoms with Crippen LogP contribution in [0.2, 0.25) is 0 Å². The van der Waals surface area contributed by atoms with Crippen LogP contribution < -0.4 is 5.32 Å². The molecule has 1 aromatic rings. The summed E-state index contributed by atoms with van der Waals surface area (Å²) in [5.41, 5.74) is -0.253. The van der Waals surface area contributed by atoms with Crippen LogP contribution in [-0.4, -0.2) is 36.1 Å². The Hall–Kier alpha value is -2.44. The number of benzene rings is 1. The first-order valence-electron chi connectivity index (χ1n) is 5.80. The third-order valence-corrected chi connectivity index (χ3v) is 2.59. The third-order valence-electron chi connectivity index (χ3n) is 2.59. The van der Waals surface area contributed by atoms with Gasteiger partial charge < -0.3 is 15.2 Å². The van der Waals surface area contributed by atoms with Crippen molar-refractivity contribution >= 4 is 17.8 Å². The van der Waals surface area contributed by atoms with Gasteiger partial charge in [0.25, 0.3) is 5.91 Å². The van der Waals surface area contributed by atoms with E-state index in [0.717, 1.165) is 6.07 Å². The van der Waals surface area contributed by atoms with Crippen LogP contribution in [0.1, 0.15) is 23.2 Å². The number of carboxylic acid groups (broad SMARTS) is 1. The van der Waals surface area contributed by atoms with E-state index in [1.165, 1.54) is 25.3 Å². The number of carbonyl (C=O) groups excluding carboxylic acids is 2. The van der Waals surface area contributed by atoms with E-state index in [1.807, 2.05) is 0 Å². The van der Waals surface area contributed by atoms with Gasteiger partial charge in [-0.15, -0.1) is 0 Å². The maximum atomic E-state index is 13.4. The molecule has 1 aromatic carbocycles. The van der Waals surface area contributed by atoms with E-state index in [2.05, 4.69) is 10.1 Å². The first kappa shape index (κ1) is 15.6. The normalized spacial score (nSPS) is 11.5. The number of carboxylic acids is 1. The van der Waals surface area contributed by atoms with Gasteiger partial charge >= 0.3 is 11.9 Å². The molecule has 0 aliphatic carbocycles. The maximum absolute atomic E-state index is 13.4. The molecule has 0 heterocycles. The highest BCUT2D eigenvalue weighted by molar-refractivity contribution is 5.96. The van der Waals surface area contributed by atoms with E-state index in [1.54, 1.807) is 0 Å². The van der Waals surface area contributed by atoms with Crippen molar-refractivity contribution in [1.29, 1.82) is 0 Å². The molecule has 0 aromatic heterocycles. The third kappa shape index (κ3) is 4.34. The second kappa shape index (κ2) is 7.22. The van der Waals surface area contributed by atoms with Crippen LogP contribution in [0.3, 0.4) is 0 Å². The van der Waals surface area contributed by atoms with Crippen molar-refractivity contribution in [2.75, 3.05) is 7.11 Å². The number of ether oxygens (including phenoxy) is 1. The second-order valence-electron chi connectivity index (χ2n) is 3.96. The van der Waals surface area contributed by atoms with Crippen LogP contribution in [0.5, 0.6) is 0 Å². The van der Waals surface area contributed by atoms with Gasteiger partial charge in [0, 0.05) is 6.42 Å². The van der Waals surface area contributed by atoms with E-state index in [0.29, 0.717) is 0 Å². The number of amides is 1. The highest BCUT2D eigenvalue weighted by atomic mass is 19.1. The van der Waals surface area contributed by atoms with Crippen molar-refractivity contribution in [1.82, 2.24) is 5.32 Å². The van der Waals surface area contributed by atoms with Crippen molar-refractivity contribution in [3.63, 3.8) is 0 Å². The molecule has 1 amide bonds. The first-order valence-corrected chi connectivity index (χ1v) is 5.80. The van der Waals surface area contributed by atoms with E-state index in [9.17, 15) is 18.8 Å². The largest absolute Gasteiger partial charge is 0.480 e. The van der Waals surface area contributed by atoms with Gasteiger partial charge in [-0.3, -0.25) is 9.59 Å². The van der Waals surface area contributed by atoms with Crippen molar-refractivity contribution in [2.24, 2.45) is 0 Å². The number of carbonyl (C=O) groups is 3. The lowest BCUT2D eigenvalue weighted by Gasteiger charge is -2.14. The van der Waals surface area contributed by atoms with Gasteiger partial charge in [-0.25, -0.2) is 9.18 Å². The Morgan fingerprint density at radius 2 is 2.00 bits per heavy atom. The van der Waals surface area contributed by atoms with Gasteiger partial charge in [0.15, 0.2) is 0 Å². The van der Waals surface area contributed by atoms with Gasteiger partial charge in [0.1, 0.15) is 11.9 Å². The molecule has 0 bridgehead atoms. The summed E-state index contributed by atoms with van der Waals surface area (Å²) in [6.07, 6.45) is -0.298. The quantitative estimate of drug-likeness (QED) is 0.759. The highest BCUT2D eigenvalue weighted by Gasteiger charge is 2.23. The minimum atomic E-state index is -1.31. The number of halogens is 1. The SMILES string of the molecule is COC(=O)CC[C@H](NC(=O)c1ccccc1F)C(=O)O. The second-order valence-corrected chi connectivity index (χ2v) is 3.96. The molecular weight excluding hydrogens is 269 g/mol. The Bertz CT molecular complexity index is 517. The summed E-state index contributed by atoms with van der Waals surface area (Å²) >= 11 is 0. The zero-order valence-corrected chi connectivity index (χ0v) is 10.8. The number of rotatable bonds is 6. The van der Waals surface area contributed by atoms with Crippen molar-refractivity contribution in [2.45, 2.75) is 18.9 Å². The zero-order chi connectivity index (χ0) is 15.1. The molecule has 7 heteroatoms. The van der Waals surface area contributed by atoms with Crippen molar-refractivity contribution in [3.05, 3.63) is 35.6 Å². The van der Waals surface area contributed by atoms with Crippen LogP contribution in [0.15, 0.2) is 24.3 Å². The Labute approximate surface area is 114 Å². The van der Waals surface area contributed by atoms with Gasteiger partial charge in [-0.05, 0) is 18.6 Å². The van der Waals surface area contributed by atoms with Gasteiger partial charge in [-0.1, -0.05) is 12.1 Å². The van der Waals surface area contributed by atoms with Crippen molar-refractivity contribution < 1.29 is 28.6 Å². The molecule has 0 saturated carbocycles. The number of aliphatic carboxylic acids is 1. The van der Waals surface area contributed by atoms with Crippen LogP contribution >= 0.6 is 0 Å². The molecular formula is C13H14FNO5. The Balaban J connectivity index is 2.71. The predicted octanol–water partition coefficient (Wildman–Crippen LogP) is 0.962. The number of nitrogens with one attached hydrogen (secondary N) is 1. The predicted molar refractivity (Wildman–Crippen MR) is 66.5 cm³/mol. The lowest BCUT2D eigenvalue weighted by molar-refractivity contribution is -0.142. The van der Waals surface area contributed by atoms with Crippen LogP contribution in [0.25, 0.3) is 0 Å². The Morgan fingerprint density at radius 1 is 1.35 bits per heavy atom. The zero-order valence-electron chi connectivity index (χ0n) is 10.8. The van der Waals surface area contributed by atoms with E-state index >= 15 is 0 Å². The fourth-order valence-corrected chi connectivity index (χ4v) is 1.50. The molecule has 2 N–H and O–H groups in total. The summed E-state index contributed by atoms with van der Waals surface area (Å²) in [6, 6.07) is 3.92. The minimum absolute atomic E-state index is 0.137. The summed E-state index contributed by atoms with van der Waals surface area (Å²) in [6.45, 7) is 0. The Kier molecular flexibility index (Phi) is 5.64. The molecule has 0 saturated heterocycles. The van der Waals surface area contributed by atoms with E-state index in [-0.39, 0.29) is 18.4 Å². The van der Waals surface area contributed by atoms with Crippen LogP contribution in [-0.2, 0) is 14.3 Å². The fourth-order valence-electron chi connectivity index (χ4n) is 1.50. The van der Waals surface area contributed by atoms with Gasteiger partial charge in [0.05, 0.1) is 12.7 Å². The lowest BCUT2D eigenvalue weighted by atomic mass is 10.1. The number of hydrogen-bond acceptors (Lipinski definition) is 4.